The molecule has 3 heteroatoms. The molecule has 0 aromatic rings. The summed E-state index contributed by atoms with van der Waals surface area (Å²) >= 11 is 0. The Bertz CT molecular complexity index is 125. The molecule has 0 unspecified atom stereocenters. The van der Waals surface area contributed by atoms with Crippen molar-refractivity contribution in [1.82, 2.24) is 5.32 Å². The van der Waals surface area contributed by atoms with E-state index in [0.717, 1.165) is 19.3 Å². The van der Waals surface area contributed by atoms with Crippen LogP contribution in [0.3, 0.4) is 0 Å². The summed E-state index contributed by atoms with van der Waals surface area (Å²) in [5.41, 5.74) is 0. The van der Waals surface area contributed by atoms with Crippen molar-refractivity contribution in [3.8, 4) is 0 Å². The summed E-state index contributed by atoms with van der Waals surface area (Å²) in [6.45, 7) is 2.82. The predicted molar refractivity (Wildman–Crippen MR) is 37.8 cm³/mol. The van der Waals surface area contributed by atoms with Gasteiger partial charge in [-0.25, -0.2) is 4.79 Å². The largest absolute Gasteiger partial charge is 0.444 e. The van der Waals surface area contributed by atoms with E-state index in [1.807, 2.05) is 0 Å². The number of hydrogen-bond donors (Lipinski definition) is 1. The first kappa shape index (κ1) is 7.38. The second-order valence-corrected chi connectivity index (χ2v) is 2.55. The maximum absolute atomic E-state index is 10.5. The quantitative estimate of drug-likeness (QED) is 0.646. The Morgan fingerprint density at radius 1 is 1.80 bits per heavy atom. The molecular formula is C7H13NO2. The molecule has 1 aliphatic rings. The number of amides is 1. The van der Waals surface area contributed by atoms with Gasteiger partial charge < -0.3 is 10.1 Å². The number of hydrogen-bond acceptors (Lipinski definition) is 2. The van der Waals surface area contributed by atoms with Crippen LogP contribution < -0.4 is 5.32 Å². The Kier molecular flexibility index (Phi) is 2.54. The molecule has 1 N–H and O–H groups in total. The lowest BCUT2D eigenvalue weighted by Crippen LogP contribution is -2.14. The van der Waals surface area contributed by atoms with Gasteiger partial charge in [0, 0.05) is 0 Å². The Labute approximate surface area is 60.7 Å². The third-order valence-electron chi connectivity index (χ3n) is 1.63. The standard InChI is InChI=1S/C7H13NO2/c1-2-3-4-6-5-8-7(9)10-6/h6H,2-5H2,1H3,(H,8,9)/t6-/m0/s1. The monoisotopic (exact) mass is 143 g/mol. The molecule has 10 heavy (non-hydrogen) atoms. The molecule has 0 aliphatic carbocycles. The van der Waals surface area contributed by atoms with Crippen LogP contribution in [0.2, 0.25) is 0 Å². The minimum Gasteiger partial charge on any atom is -0.444 e. The first-order chi connectivity index (χ1) is 4.83. The van der Waals surface area contributed by atoms with Crippen molar-refractivity contribution in [2.75, 3.05) is 6.54 Å². The average Bonchev–Trinajstić information content (AvgIpc) is 2.31. The van der Waals surface area contributed by atoms with Crippen LogP contribution in [0.1, 0.15) is 26.2 Å². The molecule has 1 amide bonds. The number of carbonyl (C=O) groups is 1. The fourth-order valence-electron chi connectivity index (χ4n) is 1.02. The van der Waals surface area contributed by atoms with Crippen LogP contribution in [0, 0.1) is 0 Å². The van der Waals surface area contributed by atoms with Crippen molar-refractivity contribution in [3.63, 3.8) is 0 Å². The first-order valence-corrected chi connectivity index (χ1v) is 3.77. The van der Waals surface area contributed by atoms with Gasteiger partial charge in [0.1, 0.15) is 6.10 Å². The van der Waals surface area contributed by atoms with Gasteiger partial charge >= 0.3 is 6.09 Å². The fourth-order valence-corrected chi connectivity index (χ4v) is 1.02. The van der Waals surface area contributed by atoms with Gasteiger partial charge in [0.2, 0.25) is 0 Å². The SMILES string of the molecule is CCCC[C@H]1CNC(=O)O1. The number of rotatable bonds is 3. The number of nitrogens with one attached hydrogen (secondary N) is 1. The molecule has 1 heterocycles. The zero-order chi connectivity index (χ0) is 7.40. The van der Waals surface area contributed by atoms with Crippen LogP contribution in [0.5, 0.6) is 0 Å². The van der Waals surface area contributed by atoms with E-state index in [2.05, 4.69) is 12.2 Å². The van der Waals surface area contributed by atoms with Gasteiger partial charge in [-0.05, 0) is 12.8 Å². The number of alkyl carbamates (subject to hydrolysis) is 1. The first-order valence-electron chi connectivity index (χ1n) is 3.77. The molecule has 0 saturated carbocycles. The van der Waals surface area contributed by atoms with Gasteiger partial charge in [0.25, 0.3) is 0 Å². The molecule has 0 bridgehead atoms. The summed E-state index contributed by atoms with van der Waals surface area (Å²) in [6.07, 6.45) is 3.16. The Morgan fingerprint density at radius 2 is 2.60 bits per heavy atom. The second-order valence-electron chi connectivity index (χ2n) is 2.55. The minimum atomic E-state index is -0.263. The van der Waals surface area contributed by atoms with Crippen molar-refractivity contribution in [3.05, 3.63) is 0 Å². The van der Waals surface area contributed by atoms with E-state index in [4.69, 9.17) is 4.74 Å². The van der Waals surface area contributed by atoms with Crippen molar-refractivity contribution in [2.24, 2.45) is 0 Å². The molecule has 0 aromatic carbocycles. The van der Waals surface area contributed by atoms with E-state index in [9.17, 15) is 4.79 Å². The van der Waals surface area contributed by atoms with E-state index in [1.54, 1.807) is 0 Å². The second kappa shape index (κ2) is 3.44. The summed E-state index contributed by atoms with van der Waals surface area (Å²) in [5, 5.41) is 2.62. The number of cyclic esters (lactones) is 1. The van der Waals surface area contributed by atoms with Gasteiger partial charge in [-0.3, -0.25) is 0 Å². The van der Waals surface area contributed by atoms with Gasteiger partial charge in [-0.1, -0.05) is 13.3 Å². The molecule has 1 fully saturated rings. The van der Waals surface area contributed by atoms with E-state index >= 15 is 0 Å². The van der Waals surface area contributed by atoms with Crippen LogP contribution in [-0.2, 0) is 4.74 Å². The number of carbonyl (C=O) groups excluding carboxylic acids is 1. The van der Waals surface area contributed by atoms with Gasteiger partial charge in [-0.15, -0.1) is 0 Å². The van der Waals surface area contributed by atoms with Crippen LogP contribution >= 0.6 is 0 Å². The lowest BCUT2D eigenvalue weighted by Gasteiger charge is -2.04. The lowest BCUT2D eigenvalue weighted by atomic mass is 10.2. The summed E-state index contributed by atoms with van der Waals surface area (Å²) in [4.78, 5) is 10.5. The van der Waals surface area contributed by atoms with Crippen LogP contribution in [0.15, 0.2) is 0 Å². The van der Waals surface area contributed by atoms with E-state index in [0.29, 0.717) is 6.54 Å². The molecule has 1 rings (SSSR count). The molecule has 58 valence electrons. The van der Waals surface area contributed by atoms with Crippen molar-refractivity contribution >= 4 is 6.09 Å². The van der Waals surface area contributed by atoms with Gasteiger partial charge in [0.05, 0.1) is 6.54 Å². The highest BCUT2D eigenvalue weighted by atomic mass is 16.6. The zero-order valence-electron chi connectivity index (χ0n) is 6.22. The molecule has 3 nitrogen and oxygen atoms in total. The number of ether oxygens (including phenoxy) is 1. The smallest absolute Gasteiger partial charge is 0.407 e. The molecule has 1 aliphatic heterocycles. The maximum atomic E-state index is 10.5. The molecule has 0 aromatic heterocycles. The van der Waals surface area contributed by atoms with Crippen molar-refractivity contribution in [1.29, 1.82) is 0 Å². The molecule has 0 spiro atoms. The highest BCUT2D eigenvalue weighted by molar-refractivity contribution is 5.69. The van der Waals surface area contributed by atoms with Crippen molar-refractivity contribution in [2.45, 2.75) is 32.3 Å². The van der Waals surface area contributed by atoms with E-state index in [-0.39, 0.29) is 12.2 Å². The Morgan fingerprint density at radius 3 is 3.10 bits per heavy atom. The highest BCUT2D eigenvalue weighted by Crippen LogP contribution is 2.08. The highest BCUT2D eigenvalue weighted by Gasteiger charge is 2.20. The van der Waals surface area contributed by atoms with Gasteiger partial charge in [-0.2, -0.15) is 0 Å². The van der Waals surface area contributed by atoms with Crippen molar-refractivity contribution < 1.29 is 9.53 Å². The van der Waals surface area contributed by atoms with Crippen LogP contribution in [-0.4, -0.2) is 18.7 Å². The summed E-state index contributed by atoms with van der Waals surface area (Å²) in [6, 6.07) is 0. The zero-order valence-corrected chi connectivity index (χ0v) is 6.22. The summed E-state index contributed by atoms with van der Waals surface area (Å²) in [7, 11) is 0. The number of unbranched alkanes of at least 4 members (excludes halogenated alkanes) is 1. The summed E-state index contributed by atoms with van der Waals surface area (Å²) < 4.78 is 4.91. The van der Waals surface area contributed by atoms with Crippen LogP contribution in [0.25, 0.3) is 0 Å². The van der Waals surface area contributed by atoms with E-state index in [1.165, 1.54) is 0 Å². The average molecular weight is 143 g/mol. The molecular weight excluding hydrogens is 130 g/mol. The third kappa shape index (κ3) is 1.90. The normalized spacial score (nSPS) is 24.1. The Balaban J connectivity index is 2.12. The Hall–Kier alpha value is -0.730. The molecule has 1 atom stereocenters. The summed E-state index contributed by atoms with van der Waals surface area (Å²) in [5.74, 6) is 0. The van der Waals surface area contributed by atoms with E-state index < -0.39 is 0 Å². The maximum Gasteiger partial charge on any atom is 0.407 e. The topological polar surface area (TPSA) is 38.3 Å². The fraction of sp³-hybridized carbons (Fsp3) is 0.857. The molecule has 0 radical (unpaired) electrons. The van der Waals surface area contributed by atoms with Gasteiger partial charge in [0.15, 0.2) is 0 Å². The third-order valence-corrected chi connectivity index (χ3v) is 1.63. The molecule has 1 saturated heterocycles. The lowest BCUT2D eigenvalue weighted by molar-refractivity contribution is 0.134. The van der Waals surface area contributed by atoms with Crippen LogP contribution in [0.4, 0.5) is 4.79 Å². The predicted octanol–water partition coefficient (Wildman–Crippen LogP) is 1.28. The minimum absolute atomic E-state index is 0.132.